The van der Waals surface area contributed by atoms with Gasteiger partial charge >= 0.3 is 0 Å². The van der Waals surface area contributed by atoms with Crippen molar-refractivity contribution in [2.24, 2.45) is 0 Å². The lowest BCUT2D eigenvalue weighted by atomic mass is 9.79. The second kappa shape index (κ2) is 7.67. The number of hydrogen-bond acceptors (Lipinski definition) is 4. The Morgan fingerprint density at radius 3 is 2.52 bits per heavy atom. The van der Waals surface area contributed by atoms with Crippen LogP contribution in [0.15, 0.2) is 48.5 Å². The highest BCUT2D eigenvalue weighted by Gasteiger charge is 2.33. The number of rotatable bonds is 5. The maximum absolute atomic E-state index is 12.8. The van der Waals surface area contributed by atoms with Crippen LogP contribution in [0.4, 0.5) is 0 Å². The van der Waals surface area contributed by atoms with Gasteiger partial charge in [0.05, 0.1) is 18.7 Å². The van der Waals surface area contributed by atoms with Gasteiger partial charge in [-0.3, -0.25) is 4.79 Å². The van der Waals surface area contributed by atoms with Crippen LogP contribution in [0.25, 0.3) is 5.70 Å². The summed E-state index contributed by atoms with van der Waals surface area (Å²) in [4.78, 5) is 12.8. The Hall–Kier alpha value is -3.06. The van der Waals surface area contributed by atoms with Gasteiger partial charge < -0.3 is 10.1 Å². The number of nitrogens with zero attached hydrogens (tertiary/aromatic N) is 1. The minimum atomic E-state index is -0.0845. The van der Waals surface area contributed by atoms with Gasteiger partial charge in [-0.2, -0.15) is 5.26 Å². The molecule has 0 spiro atoms. The molecule has 0 radical (unpaired) electrons. The van der Waals surface area contributed by atoms with E-state index in [1.54, 1.807) is 37.5 Å². The number of carbonyl (C=O) groups is 1. The first-order valence-electron chi connectivity index (χ1n) is 9.26. The molecule has 138 valence electrons. The minimum Gasteiger partial charge on any atom is -0.497 e. The molecule has 0 aliphatic carbocycles. The lowest BCUT2D eigenvalue weighted by Gasteiger charge is -2.40. The quantitative estimate of drug-likeness (QED) is 0.630. The molecule has 4 heteroatoms. The summed E-state index contributed by atoms with van der Waals surface area (Å²) in [5.74, 6) is 0.687. The topological polar surface area (TPSA) is 62.1 Å². The van der Waals surface area contributed by atoms with Gasteiger partial charge in [0.15, 0.2) is 5.78 Å². The van der Waals surface area contributed by atoms with Gasteiger partial charge in [-0.05, 0) is 61.2 Å². The summed E-state index contributed by atoms with van der Waals surface area (Å²) in [5, 5.41) is 12.6. The van der Waals surface area contributed by atoms with E-state index in [0.29, 0.717) is 11.1 Å². The van der Waals surface area contributed by atoms with Gasteiger partial charge in [-0.1, -0.05) is 19.9 Å². The Labute approximate surface area is 160 Å². The molecule has 2 aromatic rings. The molecule has 0 amide bonds. The van der Waals surface area contributed by atoms with Crippen molar-refractivity contribution < 1.29 is 9.53 Å². The standard InChI is InChI=1S/C23H24N2O2/c1-4-23(5-2)14-18-10-11-19(27-3)12-20(18)21(25-23)13-22(26)17-8-6-16(15-24)7-9-17/h6-13,25H,4-5,14H2,1-3H3. The molecule has 1 heterocycles. The van der Waals surface area contributed by atoms with Crippen LogP contribution in [0, 0.1) is 11.3 Å². The van der Waals surface area contributed by atoms with Gasteiger partial charge in [0.2, 0.25) is 0 Å². The number of allylic oxidation sites excluding steroid dienone is 1. The average Bonchev–Trinajstić information content (AvgIpc) is 2.73. The Morgan fingerprint density at radius 2 is 1.93 bits per heavy atom. The smallest absolute Gasteiger partial charge is 0.187 e. The molecule has 0 fully saturated rings. The molecule has 2 aromatic carbocycles. The summed E-state index contributed by atoms with van der Waals surface area (Å²) >= 11 is 0. The summed E-state index contributed by atoms with van der Waals surface area (Å²) in [5.41, 5.74) is 4.11. The van der Waals surface area contributed by atoms with E-state index >= 15 is 0 Å². The lowest BCUT2D eigenvalue weighted by molar-refractivity contribution is 0.104. The van der Waals surface area contributed by atoms with Crippen LogP contribution < -0.4 is 10.1 Å². The maximum atomic E-state index is 12.8. The highest BCUT2D eigenvalue weighted by atomic mass is 16.5. The van der Waals surface area contributed by atoms with Crippen molar-refractivity contribution in [1.29, 1.82) is 5.26 Å². The van der Waals surface area contributed by atoms with Crippen molar-refractivity contribution in [1.82, 2.24) is 5.32 Å². The van der Waals surface area contributed by atoms with Crippen LogP contribution in [0.5, 0.6) is 5.75 Å². The summed E-state index contributed by atoms with van der Waals surface area (Å²) in [7, 11) is 1.64. The van der Waals surface area contributed by atoms with E-state index in [1.807, 2.05) is 12.1 Å². The van der Waals surface area contributed by atoms with Crippen LogP contribution in [0.3, 0.4) is 0 Å². The Morgan fingerprint density at radius 1 is 1.22 bits per heavy atom. The lowest BCUT2D eigenvalue weighted by Crippen LogP contribution is -2.48. The third-order valence-electron chi connectivity index (χ3n) is 5.46. The number of benzene rings is 2. The predicted molar refractivity (Wildman–Crippen MR) is 107 cm³/mol. The molecule has 27 heavy (non-hydrogen) atoms. The fourth-order valence-electron chi connectivity index (χ4n) is 3.56. The molecular weight excluding hydrogens is 336 g/mol. The van der Waals surface area contributed by atoms with Crippen molar-refractivity contribution in [3.8, 4) is 11.8 Å². The normalized spacial score (nSPS) is 16.1. The summed E-state index contributed by atoms with van der Waals surface area (Å²) in [6, 6.07) is 14.8. The largest absolute Gasteiger partial charge is 0.497 e. The molecule has 0 saturated heterocycles. The molecule has 0 bridgehead atoms. The van der Waals surface area contributed by atoms with Crippen molar-refractivity contribution in [2.75, 3.05) is 7.11 Å². The zero-order chi connectivity index (χ0) is 19.4. The molecule has 0 unspecified atom stereocenters. The van der Waals surface area contributed by atoms with E-state index in [9.17, 15) is 4.79 Å². The Bertz CT molecular complexity index is 916. The van der Waals surface area contributed by atoms with Crippen LogP contribution in [-0.2, 0) is 6.42 Å². The van der Waals surface area contributed by atoms with Gasteiger partial charge in [0.1, 0.15) is 5.75 Å². The molecule has 0 aromatic heterocycles. The van der Waals surface area contributed by atoms with E-state index in [1.165, 1.54) is 5.56 Å². The van der Waals surface area contributed by atoms with Gasteiger partial charge in [0, 0.05) is 28.4 Å². The highest BCUT2D eigenvalue weighted by molar-refractivity contribution is 6.08. The number of nitriles is 1. The molecule has 3 rings (SSSR count). The van der Waals surface area contributed by atoms with Gasteiger partial charge in [-0.25, -0.2) is 0 Å². The number of hydrogen-bond donors (Lipinski definition) is 1. The number of nitrogens with one attached hydrogen (secondary N) is 1. The minimum absolute atomic E-state index is 0.0572. The molecule has 1 aliphatic rings. The third kappa shape index (κ3) is 3.73. The number of carbonyl (C=O) groups excluding carboxylic acids is 1. The Balaban J connectivity index is 2.04. The van der Waals surface area contributed by atoms with Crippen LogP contribution in [0.1, 0.15) is 53.7 Å². The first kappa shape index (κ1) is 18.7. The first-order valence-corrected chi connectivity index (χ1v) is 9.26. The van der Waals surface area contributed by atoms with Crippen molar-refractivity contribution in [3.05, 3.63) is 70.8 Å². The average molecular weight is 360 g/mol. The van der Waals surface area contributed by atoms with E-state index in [2.05, 4.69) is 31.3 Å². The van der Waals surface area contributed by atoms with Gasteiger partial charge in [-0.15, -0.1) is 0 Å². The fraction of sp³-hybridized carbons (Fsp3) is 0.304. The van der Waals surface area contributed by atoms with E-state index in [-0.39, 0.29) is 11.3 Å². The molecule has 4 nitrogen and oxygen atoms in total. The van der Waals surface area contributed by atoms with Crippen molar-refractivity contribution >= 4 is 11.5 Å². The molecule has 0 saturated carbocycles. The van der Waals surface area contributed by atoms with Crippen molar-refractivity contribution in [2.45, 2.75) is 38.6 Å². The van der Waals surface area contributed by atoms with E-state index in [4.69, 9.17) is 10.00 Å². The third-order valence-corrected chi connectivity index (χ3v) is 5.46. The number of ether oxygens (including phenoxy) is 1. The summed E-state index contributed by atoms with van der Waals surface area (Å²) in [6.45, 7) is 4.34. The summed E-state index contributed by atoms with van der Waals surface area (Å²) in [6.07, 6.45) is 4.52. The van der Waals surface area contributed by atoms with Crippen molar-refractivity contribution in [3.63, 3.8) is 0 Å². The van der Waals surface area contributed by atoms with E-state index < -0.39 is 0 Å². The number of ketones is 1. The molecule has 1 N–H and O–H groups in total. The van der Waals surface area contributed by atoms with E-state index in [0.717, 1.165) is 36.3 Å². The summed E-state index contributed by atoms with van der Waals surface area (Å²) < 4.78 is 5.38. The Kier molecular flexibility index (Phi) is 5.32. The zero-order valence-electron chi connectivity index (χ0n) is 16.0. The maximum Gasteiger partial charge on any atom is 0.187 e. The fourth-order valence-corrected chi connectivity index (χ4v) is 3.56. The monoisotopic (exact) mass is 360 g/mol. The number of methoxy groups -OCH3 is 1. The highest BCUT2D eigenvalue weighted by Crippen LogP contribution is 2.35. The molecular formula is C23H24N2O2. The molecule has 1 aliphatic heterocycles. The van der Waals surface area contributed by atoms with Gasteiger partial charge in [0.25, 0.3) is 0 Å². The van der Waals surface area contributed by atoms with Crippen LogP contribution >= 0.6 is 0 Å². The molecule has 0 atom stereocenters. The van der Waals surface area contributed by atoms with Crippen LogP contribution in [0.2, 0.25) is 0 Å². The predicted octanol–water partition coefficient (Wildman–Crippen LogP) is 4.50. The SMILES string of the molecule is CCC1(CC)Cc2ccc(OC)cc2C(=CC(=O)c2ccc(C#N)cc2)N1. The second-order valence-corrected chi connectivity index (χ2v) is 6.92. The second-order valence-electron chi connectivity index (χ2n) is 6.92. The zero-order valence-corrected chi connectivity index (χ0v) is 16.0. The van der Waals surface area contributed by atoms with Crippen LogP contribution in [-0.4, -0.2) is 18.4 Å². The number of fused-ring (bicyclic) bond motifs is 1. The first-order chi connectivity index (χ1) is 13.0.